The van der Waals surface area contributed by atoms with E-state index in [-0.39, 0.29) is 24.1 Å². The average molecular weight is 522 g/mol. The fraction of sp³-hybridized carbons (Fsp3) is 0.321. The number of ether oxygens (including phenoxy) is 1. The Bertz CT molecular complexity index is 1140. The second-order valence-corrected chi connectivity index (χ2v) is 8.90. The van der Waals surface area contributed by atoms with Crippen molar-refractivity contribution in [3.8, 4) is 5.75 Å². The molecule has 1 radical (unpaired) electrons. The van der Waals surface area contributed by atoms with Gasteiger partial charge in [-0.15, -0.1) is 0 Å². The highest BCUT2D eigenvalue weighted by atomic mass is 19.4. The minimum atomic E-state index is -4.88. The first-order valence-corrected chi connectivity index (χ1v) is 11.8. The van der Waals surface area contributed by atoms with Crippen LogP contribution >= 0.6 is 0 Å². The predicted octanol–water partition coefficient (Wildman–Crippen LogP) is 7.04. The fourth-order valence-electron chi connectivity index (χ4n) is 4.67. The predicted molar refractivity (Wildman–Crippen MR) is 130 cm³/mol. The van der Waals surface area contributed by atoms with E-state index in [0.29, 0.717) is 18.8 Å². The molecule has 0 bridgehead atoms. The van der Waals surface area contributed by atoms with Crippen LogP contribution in [0.3, 0.4) is 0 Å². The second-order valence-electron chi connectivity index (χ2n) is 8.90. The molecule has 1 saturated heterocycles. The van der Waals surface area contributed by atoms with Crippen LogP contribution < -0.4 is 9.64 Å². The van der Waals surface area contributed by atoms with Crippen molar-refractivity contribution in [3.05, 3.63) is 101 Å². The standard InChI is InChI=1S/C28H27F6N2O/c1-37-26-10-6-5-9-24(26)25(36-15-13-35(14-16-36)23-7-3-2-4-8-23)12-11-20-17-21(27(29,30)31)19-22(18-20)28(32,33)34/h2-10,12,17-19,25H,11,13-16H2,1H3. The highest BCUT2D eigenvalue weighted by Gasteiger charge is 2.37. The van der Waals surface area contributed by atoms with Crippen LogP contribution in [0.2, 0.25) is 0 Å². The number of methoxy groups -OCH3 is 1. The Morgan fingerprint density at radius 3 is 1.92 bits per heavy atom. The number of piperazine rings is 1. The van der Waals surface area contributed by atoms with Crippen LogP contribution in [-0.4, -0.2) is 38.2 Å². The minimum absolute atomic E-state index is 0.0510. The zero-order valence-electron chi connectivity index (χ0n) is 20.2. The zero-order valence-corrected chi connectivity index (χ0v) is 20.2. The SMILES string of the molecule is COc1ccccc1C([CH]Cc1cc(C(F)(F)F)cc(C(F)(F)F)c1)N1CCN(c2ccccc2)CC1. The van der Waals surface area contributed by atoms with Gasteiger partial charge in [0.05, 0.1) is 18.2 Å². The maximum atomic E-state index is 13.4. The van der Waals surface area contributed by atoms with Crippen LogP contribution in [0.1, 0.15) is 28.3 Å². The van der Waals surface area contributed by atoms with Gasteiger partial charge in [0.2, 0.25) is 0 Å². The van der Waals surface area contributed by atoms with E-state index in [0.717, 1.165) is 36.5 Å². The lowest BCUT2D eigenvalue weighted by atomic mass is 9.94. The smallest absolute Gasteiger partial charge is 0.416 e. The van der Waals surface area contributed by atoms with Gasteiger partial charge in [0, 0.05) is 43.5 Å². The molecule has 37 heavy (non-hydrogen) atoms. The quantitative estimate of drug-likeness (QED) is 0.310. The molecule has 1 aliphatic rings. The zero-order chi connectivity index (χ0) is 26.6. The second kappa shape index (κ2) is 11.0. The molecule has 3 nitrogen and oxygen atoms in total. The normalized spacial score (nSPS) is 16.0. The lowest BCUT2D eigenvalue weighted by Gasteiger charge is -2.40. The van der Waals surface area contributed by atoms with Crippen molar-refractivity contribution in [1.82, 2.24) is 4.90 Å². The number of halogens is 6. The molecule has 0 saturated carbocycles. The molecule has 197 valence electrons. The van der Waals surface area contributed by atoms with Crippen molar-refractivity contribution >= 4 is 5.69 Å². The summed E-state index contributed by atoms with van der Waals surface area (Å²) in [6.07, 6.45) is -8.07. The first-order chi connectivity index (χ1) is 17.6. The lowest BCUT2D eigenvalue weighted by molar-refractivity contribution is -0.143. The monoisotopic (exact) mass is 521 g/mol. The van der Waals surface area contributed by atoms with Gasteiger partial charge in [-0.05, 0) is 54.8 Å². The van der Waals surface area contributed by atoms with Gasteiger partial charge in [-0.1, -0.05) is 36.4 Å². The van der Waals surface area contributed by atoms with Gasteiger partial charge >= 0.3 is 12.4 Å². The first-order valence-electron chi connectivity index (χ1n) is 11.8. The summed E-state index contributed by atoms with van der Waals surface area (Å²) in [6.45, 7) is 2.77. The van der Waals surface area contributed by atoms with Crippen LogP contribution in [0.5, 0.6) is 5.75 Å². The number of rotatable bonds is 7. The van der Waals surface area contributed by atoms with E-state index in [1.807, 2.05) is 48.5 Å². The van der Waals surface area contributed by atoms with E-state index in [9.17, 15) is 26.3 Å². The van der Waals surface area contributed by atoms with E-state index in [2.05, 4.69) is 9.80 Å². The molecule has 4 rings (SSSR count). The van der Waals surface area contributed by atoms with Crippen molar-refractivity contribution in [2.45, 2.75) is 24.8 Å². The Morgan fingerprint density at radius 1 is 0.784 bits per heavy atom. The van der Waals surface area contributed by atoms with Crippen molar-refractivity contribution in [1.29, 1.82) is 0 Å². The number of hydrogen-bond donors (Lipinski definition) is 0. The number of para-hydroxylation sites is 2. The summed E-state index contributed by atoms with van der Waals surface area (Å²) in [7, 11) is 1.53. The molecule has 9 heteroatoms. The van der Waals surface area contributed by atoms with Crippen LogP contribution in [0, 0.1) is 6.42 Å². The molecule has 0 aromatic heterocycles. The molecule has 3 aromatic rings. The van der Waals surface area contributed by atoms with Gasteiger partial charge in [-0.25, -0.2) is 0 Å². The van der Waals surface area contributed by atoms with Gasteiger partial charge in [0.25, 0.3) is 0 Å². The van der Waals surface area contributed by atoms with E-state index in [4.69, 9.17) is 4.74 Å². The van der Waals surface area contributed by atoms with E-state index >= 15 is 0 Å². The summed E-state index contributed by atoms with van der Waals surface area (Å²) in [4.78, 5) is 4.42. The van der Waals surface area contributed by atoms with Gasteiger partial charge in [0.1, 0.15) is 5.75 Å². The molecule has 0 amide bonds. The average Bonchev–Trinajstić information content (AvgIpc) is 2.89. The van der Waals surface area contributed by atoms with Gasteiger partial charge in [-0.2, -0.15) is 26.3 Å². The summed E-state index contributed by atoms with van der Waals surface area (Å²) in [5.41, 5.74) is -0.762. The largest absolute Gasteiger partial charge is 0.496 e. The van der Waals surface area contributed by atoms with Crippen LogP contribution in [-0.2, 0) is 18.8 Å². The summed E-state index contributed by atoms with van der Waals surface area (Å²) in [5, 5.41) is 0. The highest BCUT2D eigenvalue weighted by Crippen LogP contribution is 2.38. The number of benzene rings is 3. The van der Waals surface area contributed by atoms with Crippen LogP contribution in [0.4, 0.5) is 32.0 Å². The summed E-state index contributed by atoms with van der Waals surface area (Å²) >= 11 is 0. The number of anilines is 1. The Kier molecular flexibility index (Phi) is 8.02. The third-order valence-electron chi connectivity index (χ3n) is 6.51. The lowest BCUT2D eigenvalue weighted by Crippen LogP contribution is -2.48. The first kappa shape index (κ1) is 26.9. The van der Waals surface area contributed by atoms with Gasteiger partial charge < -0.3 is 9.64 Å². The molecule has 0 aliphatic carbocycles. The molecule has 1 heterocycles. The Hall–Kier alpha value is -3.20. The molecular formula is C28H27F6N2O. The van der Waals surface area contributed by atoms with E-state index < -0.39 is 23.5 Å². The number of hydrogen-bond acceptors (Lipinski definition) is 3. The highest BCUT2D eigenvalue weighted by molar-refractivity contribution is 5.47. The molecule has 1 aliphatic heterocycles. The fourth-order valence-corrected chi connectivity index (χ4v) is 4.67. The van der Waals surface area contributed by atoms with Gasteiger partial charge in [-0.3, -0.25) is 4.90 Å². The van der Waals surface area contributed by atoms with Gasteiger partial charge in [0.15, 0.2) is 0 Å². The minimum Gasteiger partial charge on any atom is -0.496 e. The maximum absolute atomic E-state index is 13.4. The molecule has 0 spiro atoms. The van der Waals surface area contributed by atoms with Crippen molar-refractivity contribution in [2.75, 3.05) is 38.2 Å². The number of nitrogens with zero attached hydrogens (tertiary/aromatic N) is 2. The Balaban J connectivity index is 1.59. The van der Waals surface area contributed by atoms with E-state index in [1.165, 1.54) is 7.11 Å². The topological polar surface area (TPSA) is 15.7 Å². The molecule has 1 unspecified atom stereocenters. The summed E-state index contributed by atoms with van der Waals surface area (Å²) in [6, 6.07) is 18.6. The third kappa shape index (κ3) is 6.57. The molecule has 3 aromatic carbocycles. The number of alkyl halides is 6. The Morgan fingerprint density at radius 2 is 1.35 bits per heavy atom. The Labute approximate surface area is 212 Å². The molecular weight excluding hydrogens is 494 g/mol. The third-order valence-corrected chi connectivity index (χ3v) is 6.51. The summed E-state index contributed by atoms with van der Waals surface area (Å²) < 4.78 is 85.7. The van der Waals surface area contributed by atoms with Crippen molar-refractivity contribution in [3.63, 3.8) is 0 Å². The van der Waals surface area contributed by atoms with Crippen molar-refractivity contribution < 1.29 is 31.1 Å². The molecule has 1 fully saturated rings. The van der Waals surface area contributed by atoms with Crippen LogP contribution in [0.15, 0.2) is 72.8 Å². The van der Waals surface area contributed by atoms with Crippen molar-refractivity contribution in [2.24, 2.45) is 0 Å². The molecule has 0 N–H and O–H groups in total. The maximum Gasteiger partial charge on any atom is 0.416 e. The van der Waals surface area contributed by atoms with E-state index in [1.54, 1.807) is 12.5 Å². The van der Waals surface area contributed by atoms with Crippen LogP contribution in [0.25, 0.3) is 0 Å². The molecule has 1 atom stereocenters. The summed E-state index contributed by atoms with van der Waals surface area (Å²) in [5.74, 6) is 0.606.